The first kappa shape index (κ1) is 16.0. The quantitative estimate of drug-likeness (QED) is 0.772. The maximum Gasteiger partial charge on any atom is 0.0708 e. The molecule has 0 saturated carbocycles. The lowest BCUT2D eigenvalue weighted by Gasteiger charge is -2.19. The molecule has 1 aromatic heterocycles. The van der Waals surface area contributed by atoms with Gasteiger partial charge in [0, 0.05) is 11.4 Å². The van der Waals surface area contributed by atoms with Crippen molar-refractivity contribution in [2.45, 2.75) is 53.0 Å². The van der Waals surface area contributed by atoms with E-state index in [4.69, 9.17) is 4.98 Å². The van der Waals surface area contributed by atoms with E-state index in [1.807, 2.05) is 0 Å². The molecule has 0 saturated heterocycles. The van der Waals surface area contributed by atoms with Crippen LogP contribution in [0.1, 0.15) is 57.3 Å². The van der Waals surface area contributed by atoms with Crippen molar-refractivity contribution in [3.8, 4) is 0 Å². The van der Waals surface area contributed by atoms with Gasteiger partial charge in [0.15, 0.2) is 0 Å². The molecule has 0 aliphatic carbocycles. The number of aryl methyl sites for hydroxylation is 1. The molecule has 0 radical (unpaired) electrons. The van der Waals surface area contributed by atoms with Gasteiger partial charge in [0.25, 0.3) is 0 Å². The zero-order valence-electron chi connectivity index (χ0n) is 13.8. The molecular weight excluding hydrogens is 256 g/mol. The Bertz CT molecular complexity index is 575. The molecule has 0 aliphatic heterocycles. The minimum atomic E-state index is 0.372. The number of pyridine rings is 1. The lowest BCUT2D eigenvalue weighted by molar-refractivity contribution is 0.449. The second kappa shape index (κ2) is 7.56. The molecule has 0 fully saturated rings. The smallest absolute Gasteiger partial charge is 0.0708 e. The fraction of sp³-hybridized carbons (Fsp3) is 0.526. The number of fused-ring (bicyclic) bond motifs is 1. The lowest BCUT2D eigenvalue weighted by Crippen LogP contribution is -2.22. The van der Waals surface area contributed by atoms with Crippen LogP contribution in [0.5, 0.6) is 0 Å². The Morgan fingerprint density at radius 1 is 1.14 bits per heavy atom. The van der Waals surface area contributed by atoms with Gasteiger partial charge in [-0.05, 0) is 43.5 Å². The second-order valence-electron chi connectivity index (χ2n) is 6.32. The fourth-order valence-electron chi connectivity index (χ4n) is 2.89. The highest BCUT2D eigenvalue weighted by molar-refractivity contribution is 5.82. The van der Waals surface area contributed by atoms with Gasteiger partial charge in [-0.3, -0.25) is 4.98 Å². The van der Waals surface area contributed by atoms with Crippen LogP contribution >= 0.6 is 0 Å². The predicted octanol–water partition coefficient (Wildman–Crippen LogP) is 5.02. The maximum absolute atomic E-state index is 4.89. The van der Waals surface area contributed by atoms with E-state index in [1.54, 1.807) is 0 Å². The number of nitrogens with zero attached hydrogens (tertiary/aromatic N) is 1. The summed E-state index contributed by atoms with van der Waals surface area (Å²) in [6.45, 7) is 9.93. The lowest BCUT2D eigenvalue weighted by atomic mass is 9.99. The molecule has 2 aromatic rings. The molecule has 1 aromatic carbocycles. The number of rotatable bonds is 7. The van der Waals surface area contributed by atoms with E-state index in [-0.39, 0.29) is 0 Å². The Hall–Kier alpha value is -1.41. The Balaban J connectivity index is 2.22. The van der Waals surface area contributed by atoms with Gasteiger partial charge in [-0.2, -0.15) is 0 Å². The Morgan fingerprint density at radius 3 is 2.62 bits per heavy atom. The molecule has 1 unspecified atom stereocenters. The average Bonchev–Trinajstić information content (AvgIpc) is 2.46. The second-order valence-corrected chi connectivity index (χ2v) is 6.32. The molecule has 1 heterocycles. The third-order valence-corrected chi connectivity index (χ3v) is 4.02. The molecule has 21 heavy (non-hydrogen) atoms. The molecule has 0 bridgehead atoms. The van der Waals surface area contributed by atoms with Gasteiger partial charge < -0.3 is 5.32 Å². The van der Waals surface area contributed by atoms with E-state index in [2.05, 4.69) is 63.3 Å². The highest BCUT2D eigenvalue weighted by Gasteiger charge is 2.13. The van der Waals surface area contributed by atoms with Crippen molar-refractivity contribution in [2.24, 2.45) is 5.92 Å². The van der Waals surface area contributed by atoms with Crippen molar-refractivity contribution in [1.82, 2.24) is 10.3 Å². The van der Waals surface area contributed by atoms with Crippen molar-refractivity contribution in [3.63, 3.8) is 0 Å². The van der Waals surface area contributed by atoms with Gasteiger partial charge in [0.1, 0.15) is 0 Å². The summed E-state index contributed by atoms with van der Waals surface area (Å²) in [7, 11) is 0. The topological polar surface area (TPSA) is 24.9 Å². The van der Waals surface area contributed by atoms with Crippen LogP contribution in [0.25, 0.3) is 10.9 Å². The van der Waals surface area contributed by atoms with Crippen LogP contribution in [0.3, 0.4) is 0 Å². The highest BCUT2D eigenvalue weighted by atomic mass is 14.9. The number of hydrogen-bond acceptors (Lipinski definition) is 2. The number of aromatic nitrogens is 1. The molecule has 114 valence electrons. The Morgan fingerprint density at radius 2 is 1.90 bits per heavy atom. The number of hydrogen-bond donors (Lipinski definition) is 1. The summed E-state index contributed by atoms with van der Waals surface area (Å²) in [5.41, 5.74) is 3.62. The molecule has 2 rings (SSSR count). The van der Waals surface area contributed by atoms with Crippen LogP contribution < -0.4 is 5.32 Å². The summed E-state index contributed by atoms with van der Waals surface area (Å²) < 4.78 is 0. The highest BCUT2D eigenvalue weighted by Crippen LogP contribution is 2.24. The van der Waals surface area contributed by atoms with Gasteiger partial charge in [-0.1, -0.05) is 51.8 Å². The SMILES string of the molecule is CCNC(CCCC(C)C)c1cc(C)c2ccccc2n1. The molecule has 0 aliphatic rings. The van der Waals surface area contributed by atoms with E-state index < -0.39 is 0 Å². The van der Waals surface area contributed by atoms with Crippen molar-refractivity contribution in [3.05, 3.63) is 41.6 Å². The molecular formula is C19H28N2. The zero-order chi connectivity index (χ0) is 15.2. The van der Waals surface area contributed by atoms with Crippen molar-refractivity contribution in [2.75, 3.05) is 6.54 Å². The van der Waals surface area contributed by atoms with E-state index in [0.717, 1.165) is 24.4 Å². The van der Waals surface area contributed by atoms with Crippen LogP contribution in [0.2, 0.25) is 0 Å². The molecule has 0 spiro atoms. The minimum absolute atomic E-state index is 0.372. The summed E-state index contributed by atoms with van der Waals surface area (Å²) in [4.78, 5) is 4.89. The van der Waals surface area contributed by atoms with Crippen LogP contribution in [0, 0.1) is 12.8 Å². The third kappa shape index (κ3) is 4.28. The third-order valence-electron chi connectivity index (χ3n) is 4.02. The standard InChI is InChI=1S/C19H28N2/c1-5-20-18(12-8-9-14(2)3)19-13-15(4)16-10-6-7-11-17(16)21-19/h6-7,10-11,13-14,18,20H,5,8-9,12H2,1-4H3. The summed E-state index contributed by atoms with van der Waals surface area (Å²) in [5.74, 6) is 0.776. The van der Waals surface area contributed by atoms with Crippen LogP contribution in [0.4, 0.5) is 0 Å². The summed E-state index contributed by atoms with van der Waals surface area (Å²) >= 11 is 0. The van der Waals surface area contributed by atoms with Gasteiger partial charge in [0.05, 0.1) is 11.2 Å². The molecule has 1 N–H and O–H groups in total. The van der Waals surface area contributed by atoms with Crippen LogP contribution in [0.15, 0.2) is 30.3 Å². The van der Waals surface area contributed by atoms with Crippen molar-refractivity contribution >= 4 is 10.9 Å². The summed E-state index contributed by atoms with van der Waals surface area (Å²) in [5, 5.41) is 4.86. The van der Waals surface area contributed by atoms with Gasteiger partial charge >= 0.3 is 0 Å². The van der Waals surface area contributed by atoms with E-state index in [9.17, 15) is 0 Å². The summed E-state index contributed by atoms with van der Waals surface area (Å²) in [6.07, 6.45) is 3.70. The maximum atomic E-state index is 4.89. The van der Waals surface area contributed by atoms with Crippen molar-refractivity contribution in [1.29, 1.82) is 0 Å². The van der Waals surface area contributed by atoms with Crippen LogP contribution in [-0.4, -0.2) is 11.5 Å². The Kier molecular flexibility index (Phi) is 5.75. The monoisotopic (exact) mass is 284 g/mol. The van der Waals surface area contributed by atoms with E-state index in [0.29, 0.717) is 6.04 Å². The van der Waals surface area contributed by atoms with Gasteiger partial charge in [-0.15, -0.1) is 0 Å². The molecule has 1 atom stereocenters. The largest absolute Gasteiger partial charge is 0.309 e. The molecule has 0 amide bonds. The van der Waals surface area contributed by atoms with Crippen molar-refractivity contribution < 1.29 is 0 Å². The van der Waals surface area contributed by atoms with E-state index in [1.165, 1.54) is 29.5 Å². The first-order chi connectivity index (χ1) is 10.1. The summed E-state index contributed by atoms with van der Waals surface area (Å²) in [6, 6.07) is 11.0. The first-order valence-electron chi connectivity index (χ1n) is 8.21. The normalized spacial score (nSPS) is 13.0. The average molecular weight is 284 g/mol. The number of benzene rings is 1. The number of nitrogens with one attached hydrogen (secondary N) is 1. The fourth-order valence-corrected chi connectivity index (χ4v) is 2.89. The zero-order valence-corrected chi connectivity index (χ0v) is 13.8. The van der Waals surface area contributed by atoms with Crippen LogP contribution in [-0.2, 0) is 0 Å². The van der Waals surface area contributed by atoms with E-state index >= 15 is 0 Å². The molecule has 2 nitrogen and oxygen atoms in total. The minimum Gasteiger partial charge on any atom is -0.309 e. The first-order valence-corrected chi connectivity index (χ1v) is 8.21. The Labute approximate surface area is 129 Å². The van der Waals surface area contributed by atoms with Gasteiger partial charge in [0.2, 0.25) is 0 Å². The molecule has 2 heteroatoms. The predicted molar refractivity (Wildman–Crippen MR) is 91.6 cm³/mol. The van der Waals surface area contributed by atoms with Gasteiger partial charge in [-0.25, -0.2) is 0 Å². The number of para-hydroxylation sites is 1.